The molecule has 0 saturated carbocycles. The molecule has 1 aromatic carbocycles. The summed E-state index contributed by atoms with van der Waals surface area (Å²) >= 11 is 5.98. The molecule has 9 heteroatoms. The van der Waals surface area contributed by atoms with Crippen LogP contribution in [0.3, 0.4) is 0 Å². The van der Waals surface area contributed by atoms with E-state index >= 15 is 0 Å². The van der Waals surface area contributed by atoms with Crippen molar-refractivity contribution in [3.63, 3.8) is 0 Å². The van der Waals surface area contributed by atoms with Gasteiger partial charge in [0.05, 0.1) is 22.9 Å². The number of esters is 1. The fourth-order valence-corrected chi connectivity index (χ4v) is 3.99. The molecule has 1 aromatic rings. The van der Waals surface area contributed by atoms with Gasteiger partial charge in [0.1, 0.15) is 0 Å². The van der Waals surface area contributed by atoms with Gasteiger partial charge in [-0.15, -0.1) is 0 Å². The van der Waals surface area contributed by atoms with Crippen LogP contribution >= 0.6 is 22.3 Å². The van der Waals surface area contributed by atoms with E-state index in [0.717, 1.165) is 0 Å². The van der Waals surface area contributed by atoms with Crippen LogP contribution in [0.25, 0.3) is 0 Å². The third kappa shape index (κ3) is 4.59. The van der Waals surface area contributed by atoms with Crippen molar-refractivity contribution in [1.29, 1.82) is 0 Å². The Kier molecular flexibility index (Phi) is 5.54. The summed E-state index contributed by atoms with van der Waals surface area (Å²) in [5, 5.41) is 0.221. The second-order valence-corrected chi connectivity index (χ2v) is 8.39. The first kappa shape index (κ1) is 18.0. The predicted molar refractivity (Wildman–Crippen MR) is 87.5 cm³/mol. The number of ether oxygens (including phenoxy) is 1. The molecule has 23 heavy (non-hydrogen) atoms. The van der Waals surface area contributed by atoms with E-state index in [-0.39, 0.29) is 47.7 Å². The summed E-state index contributed by atoms with van der Waals surface area (Å²) in [4.78, 5) is 25.4. The molecule has 1 saturated heterocycles. The highest BCUT2D eigenvalue weighted by Crippen LogP contribution is 2.30. The molecular weight excluding hydrogens is 365 g/mol. The number of benzene rings is 1. The molecule has 6 nitrogen and oxygen atoms in total. The van der Waals surface area contributed by atoms with Gasteiger partial charge >= 0.3 is 5.97 Å². The topological polar surface area (TPSA) is 80.8 Å². The zero-order valence-electron chi connectivity index (χ0n) is 12.3. The van der Waals surface area contributed by atoms with E-state index in [1.54, 1.807) is 13.0 Å². The van der Waals surface area contributed by atoms with Crippen molar-refractivity contribution < 1.29 is 22.7 Å². The van der Waals surface area contributed by atoms with E-state index in [2.05, 4.69) is 0 Å². The Morgan fingerprint density at radius 2 is 2.13 bits per heavy atom. The van der Waals surface area contributed by atoms with Gasteiger partial charge in [0, 0.05) is 35.3 Å². The van der Waals surface area contributed by atoms with Gasteiger partial charge in [0.15, 0.2) is 0 Å². The molecule has 1 unspecified atom stereocenters. The summed E-state index contributed by atoms with van der Waals surface area (Å²) in [7, 11) is 1.57. The van der Waals surface area contributed by atoms with Gasteiger partial charge in [-0.25, -0.2) is 13.2 Å². The minimum absolute atomic E-state index is 0.0866. The Morgan fingerprint density at radius 3 is 2.74 bits per heavy atom. The van der Waals surface area contributed by atoms with E-state index in [9.17, 15) is 18.0 Å². The molecule has 0 aromatic heterocycles. The van der Waals surface area contributed by atoms with Crippen LogP contribution in [-0.4, -0.2) is 39.2 Å². The highest BCUT2D eigenvalue weighted by molar-refractivity contribution is 8.13. The number of carbonyl (C=O) groups is 2. The van der Waals surface area contributed by atoms with Crippen LogP contribution in [0.2, 0.25) is 5.02 Å². The summed E-state index contributed by atoms with van der Waals surface area (Å²) in [5.41, 5.74) is 0.629. The number of hydrogen-bond acceptors (Lipinski definition) is 5. The van der Waals surface area contributed by atoms with E-state index in [1.807, 2.05) is 0 Å². The first-order valence-electron chi connectivity index (χ1n) is 6.90. The number of anilines is 1. The highest BCUT2D eigenvalue weighted by atomic mass is 35.7. The van der Waals surface area contributed by atoms with Crippen LogP contribution in [0.15, 0.2) is 18.2 Å². The fraction of sp³-hybridized carbons (Fsp3) is 0.429. The van der Waals surface area contributed by atoms with E-state index in [1.165, 1.54) is 17.0 Å². The smallest absolute Gasteiger partial charge is 0.339 e. The molecular formula is C14H15Cl2NO5S. The Hall–Kier alpha value is -1.31. The Labute approximate surface area is 143 Å². The summed E-state index contributed by atoms with van der Waals surface area (Å²) in [6.45, 7) is 2.10. The van der Waals surface area contributed by atoms with E-state index in [4.69, 9.17) is 27.0 Å². The van der Waals surface area contributed by atoms with E-state index < -0.39 is 15.0 Å². The van der Waals surface area contributed by atoms with Gasteiger partial charge in [-0.1, -0.05) is 11.6 Å². The molecule has 1 aliphatic heterocycles. The zero-order valence-corrected chi connectivity index (χ0v) is 14.6. The molecule has 1 fully saturated rings. The molecule has 1 aliphatic rings. The number of amides is 1. The molecule has 0 aliphatic carbocycles. The van der Waals surface area contributed by atoms with Crippen molar-refractivity contribution >= 4 is 48.9 Å². The van der Waals surface area contributed by atoms with Gasteiger partial charge in [0.2, 0.25) is 15.0 Å². The molecule has 1 heterocycles. The van der Waals surface area contributed by atoms with Gasteiger partial charge < -0.3 is 9.64 Å². The fourth-order valence-electron chi connectivity index (χ4n) is 2.47. The van der Waals surface area contributed by atoms with Crippen LogP contribution in [0.4, 0.5) is 5.69 Å². The molecule has 0 radical (unpaired) electrons. The third-order valence-corrected chi connectivity index (χ3v) is 4.97. The predicted octanol–water partition coefficient (Wildman–Crippen LogP) is 2.44. The van der Waals surface area contributed by atoms with Crippen molar-refractivity contribution in [3.05, 3.63) is 28.8 Å². The van der Waals surface area contributed by atoms with Crippen LogP contribution in [-0.2, 0) is 18.6 Å². The van der Waals surface area contributed by atoms with Crippen molar-refractivity contribution in [2.24, 2.45) is 5.92 Å². The first-order chi connectivity index (χ1) is 10.7. The molecule has 0 bridgehead atoms. The highest BCUT2D eigenvalue weighted by Gasteiger charge is 2.33. The minimum atomic E-state index is -3.67. The van der Waals surface area contributed by atoms with Crippen molar-refractivity contribution in [1.82, 2.24) is 0 Å². The molecule has 1 atom stereocenters. The van der Waals surface area contributed by atoms with Crippen LogP contribution in [0.5, 0.6) is 0 Å². The standard InChI is InChI=1S/C14H15Cl2NO5S/c1-2-22-14(19)11-6-10(3-4-12(11)15)17-7-9(5-13(17)18)8-23(16,20)21/h3-4,6,9H,2,5,7-8H2,1H3. The average molecular weight is 380 g/mol. The molecule has 0 spiro atoms. The summed E-state index contributed by atoms with van der Waals surface area (Å²) < 4.78 is 27.2. The number of nitrogens with zero attached hydrogens (tertiary/aromatic N) is 1. The summed E-state index contributed by atoms with van der Waals surface area (Å²) in [5.74, 6) is -1.46. The quantitative estimate of drug-likeness (QED) is 0.579. The lowest BCUT2D eigenvalue weighted by Gasteiger charge is -2.18. The lowest BCUT2D eigenvalue weighted by Crippen LogP contribution is -2.25. The molecule has 0 N–H and O–H groups in total. The summed E-state index contributed by atoms with van der Waals surface area (Å²) in [6.07, 6.45) is 0.0866. The van der Waals surface area contributed by atoms with Crippen molar-refractivity contribution in [2.45, 2.75) is 13.3 Å². The van der Waals surface area contributed by atoms with Gasteiger partial charge in [-0.05, 0) is 25.1 Å². The largest absolute Gasteiger partial charge is 0.462 e. The maximum atomic E-state index is 12.1. The Balaban J connectivity index is 2.23. The number of halogens is 2. The normalized spacial score (nSPS) is 18.3. The maximum absolute atomic E-state index is 12.1. The number of carbonyl (C=O) groups excluding carboxylic acids is 2. The summed E-state index contributed by atoms with van der Waals surface area (Å²) in [6, 6.07) is 4.57. The lowest BCUT2D eigenvalue weighted by atomic mass is 10.1. The first-order valence-corrected chi connectivity index (χ1v) is 9.76. The lowest BCUT2D eigenvalue weighted by molar-refractivity contribution is -0.117. The van der Waals surface area contributed by atoms with Gasteiger partial charge in [-0.3, -0.25) is 4.79 Å². The van der Waals surface area contributed by atoms with Crippen LogP contribution in [0.1, 0.15) is 23.7 Å². The minimum Gasteiger partial charge on any atom is -0.462 e. The third-order valence-electron chi connectivity index (χ3n) is 3.40. The average Bonchev–Trinajstić information content (AvgIpc) is 2.78. The molecule has 126 valence electrons. The SMILES string of the molecule is CCOC(=O)c1cc(N2CC(CS(=O)(=O)Cl)CC2=O)ccc1Cl. The van der Waals surface area contributed by atoms with Gasteiger partial charge in [0.25, 0.3) is 0 Å². The molecule has 2 rings (SSSR count). The Bertz CT molecular complexity index is 735. The zero-order chi connectivity index (χ0) is 17.2. The second kappa shape index (κ2) is 7.07. The van der Waals surface area contributed by atoms with Gasteiger partial charge in [-0.2, -0.15) is 0 Å². The van der Waals surface area contributed by atoms with Crippen LogP contribution < -0.4 is 4.90 Å². The number of rotatable bonds is 5. The maximum Gasteiger partial charge on any atom is 0.339 e. The van der Waals surface area contributed by atoms with Crippen molar-refractivity contribution in [2.75, 3.05) is 23.8 Å². The second-order valence-electron chi connectivity index (χ2n) is 5.16. The van der Waals surface area contributed by atoms with Crippen molar-refractivity contribution in [3.8, 4) is 0 Å². The van der Waals surface area contributed by atoms with Crippen LogP contribution in [0, 0.1) is 5.92 Å². The van der Waals surface area contributed by atoms with E-state index in [0.29, 0.717) is 5.69 Å². The number of hydrogen-bond donors (Lipinski definition) is 0. The molecule has 1 amide bonds. The Morgan fingerprint density at radius 1 is 1.43 bits per heavy atom. The monoisotopic (exact) mass is 379 g/mol.